The Morgan fingerprint density at radius 3 is 2.82 bits per heavy atom. The standard InChI is InChI=1S/C14H13NO2/c1-10-5-6-15-13(7-10)9-11-3-2-4-12(8-11)14(16)17/h2-8H,9H2,1H3,(H,16,17). The largest absolute Gasteiger partial charge is 0.478 e. The molecule has 0 atom stereocenters. The van der Waals surface area contributed by atoms with Gasteiger partial charge in [-0.1, -0.05) is 12.1 Å². The fourth-order valence-electron chi connectivity index (χ4n) is 1.72. The van der Waals surface area contributed by atoms with Crippen LogP contribution < -0.4 is 0 Å². The molecule has 0 aliphatic rings. The number of hydrogen-bond donors (Lipinski definition) is 1. The Morgan fingerprint density at radius 2 is 2.12 bits per heavy atom. The molecule has 3 nitrogen and oxygen atoms in total. The Labute approximate surface area is 99.8 Å². The number of carboxylic acids is 1. The van der Waals surface area contributed by atoms with E-state index in [0.717, 1.165) is 16.8 Å². The summed E-state index contributed by atoms with van der Waals surface area (Å²) < 4.78 is 0. The maximum atomic E-state index is 10.8. The predicted molar refractivity (Wildman–Crippen MR) is 65.2 cm³/mol. The van der Waals surface area contributed by atoms with Crippen molar-refractivity contribution < 1.29 is 9.90 Å². The molecule has 0 spiro atoms. The van der Waals surface area contributed by atoms with E-state index in [1.807, 2.05) is 25.1 Å². The summed E-state index contributed by atoms with van der Waals surface area (Å²) in [7, 11) is 0. The summed E-state index contributed by atoms with van der Waals surface area (Å²) in [6.07, 6.45) is 2.43. The third-order valence-electron chi connectivity index (χ3n) is 2.53. The Balaban J connectivity index is 2.24. The van der Waals surface area contributed by atoms with Crippen molar-refractivity contribution in [3.63, 3.8) is 0 Å². The van der Waals surface area contributed by atoms with Crippen molar-refractivity contribution in [2.45, 2.75) is 13.3 Å². The Bertz CT molecular complexity index is 549. The molecule has 0 amide bonds. The molecule has 86 valence electrons. The van der Waals surface area contributed by atoms with Gasteiger partial charge in [0, 0.05) is 18.3 Å². The van der Waals surface area contributed by atoms with Crippen LogP contribution in [0.15, 0.2) is 42.6 Å². The zero-order valence-electron chi connectivity index (χ0n) is 9.55. The zero-order valence-corrected chi connectivity index (χ0v) is 9.55. The molecule has 2 aromatic rings. The molecule has 0 radical (unpaired) electrons. The molecular weight excluding hydrogens is 214 g/mol. The van der Waals surface area contributed by atoms with Crippen LogP contribution in [0.1, 0.15) is 27.2 Å². The van der Waals surface area contributed by atoms with Crippen LogP contribution in [0.3, 0.4) is 0 Å². The minimum Gasteiger partial charge on any atom is -0.478 e. The number of rotatable bonds is 3. The number of aromatic nitrogens is 1. The SMILES string of the molecule is Cc1ccnc(Cc2cccc(C(=O)O)c2)c1. The van der Waals surface area contributed by atoms with Gasteiger partial charge in [0.1, 0.15) is 0 Å². The molecule has 0 aliphatic carbocycles. The Hall–Kier alpha value is -2.16. The quantitative estimate of drug-likeness (QED) is 0.877. The Kier molecular flexibility index (Phi) is 3.19. The summed E-state index contributed by atoms with van der Waals surface area (Å²) in [4.78, 5) is 15.1. The number of carbonyl (C=O) groups is 1. The number of hydrogen-bond acceptors (Lipinski definition) is 2. The van der Waals surface area contributed by atoms with Gasteiger partial charge in [-0.05, 0) is 42.3 Å². The number of aromatic carboxylic acids is 1. The molecule has 2 rings (SSSR count). The molecule has 0 fully saturated rings. The van der Waals surface area contributed by atoms with Crippen molar-refractivity contribution in [3.8, 4) is 0 Å². The summed E-state index contributed by atoms with van der Waals surface area (Å²) in [6, 6.07) is 10.9. The molecule has 17 heavy (non-hydrogen) atoms. The maximum Gasteiger partial charge on any atom is 0.335 e. The highest BCUT2D eigenvalue weighted by Crippen LogP contribution is 2.11. The molecule has 0 saturated carbocycles. The van der Waals surface area contributed by atoms with Gasteiger partial charge in [-0.2, -0.15) is 0 Å². The number of aryl methyl sites for hydroxylation is 1. The molecule has 1 aromatic heterocycles. The highest BCUT2D eigenvalue weighted by Gasteiger charge is 2.04. The molecule has 0 aliphatic heterocycles. The molecule has 0 bridgehead atoms. The summed E-state index contributed by atoms with van der Waals surface area (Å²) in [6.45, 7) is 2.01. The molecule has 0 unspecified atom stereocenters. The van der Waals surface area contributed by atoms with Crippen molar-refractivity contribution >= 4 is 5.97 Å². The predicted octanol–water partition coefficient (Wildman–Crippen LogP) is 2.68. The average Bonchev–Trinajstić information content (AvgIpc) is 2.29. The van der Waals surface area contributed by atoms with Crippen LogP contribution in [0.5, 0.6) is 0 Å². The van der Waals surface area contributed by atoms with Crippen molar-refractivity contribution in [1.82, 2.24) is 4.98 Å². The van der Waals surface area contributed by atoms with E-state index in [0.29, 0.717) is 12.0 Å². The normalized spacial score (nSPS) is 10.2. The second-order valence-corrected chi connectivity index (χ2v) is 4.01. The maximum absolute atomic E-state index is 10.8. The first kappa shape index (κ1) is 11.3. The van der Waals surface area contributed by atoms with Gasteiger partial charge in [-0.3, -0.25) is 4.98 Å². The lowest BCUT2D eigenvalue weighted by Gasteiger charge is -2.03. The van der Waals surface area contributed by atoms with E-state index in [1.54, 1.807) is 24.4 Å². The van der Waals surface area contributed by atoms with Crippen LogP contribution in [0.25, 0.3) is 0 Å². The van der Waals surface area contributed by atoms with Crippen molar-refractivity contribution in [2.75, 3.05) is 0 Å². The van der Waals surface area contributed by atoms with Gasteiger partial charge in [-0.15, -0.1) is 0 Å². The molecule has 1 heterocycles. The second-order valence-electron chi connectivity index (χ2n) is 4.01. The van der Waals surface area contributed by atoms with Crippen LogP contribution >= 0.6 is 0 Å². The first-order chi connectivity index (χ1) is 8.15. The zero-order chi connectivity index (χ0) is 12.3. The van der Waals surface area contributed by atoms with E-state index in [1.165, 1.54) is 0 Å². The van der Waals surface area contributed by atoms with E-state index in [-0.39, 0.29) is 0 Å². The minimum absolute atomic E-state index is 0.315. The number of nitrogens with zero attached hydrogens (tertiary/aromatic N) is 1. The molecule has 3 heteroatoms. The van der Waals surface area contributed by atoms with E-state index in [9.17, 15) is 4.79 Å². The number of benzene rings is 1. The fourth-order valence-corrected chi connectivity index (χ4v) is 1.72. The van der Waals surface area contributed by atoms with Crippen LogP contribution in [-0.4, -0.2) is 16.1 Å². The lowest BCUT2D eigenvalue weighted by Crippen LogP contribution is -1.98. The van der Waals surface area contributed by atoms with Crippen LogP contribution in [0.2, 0.25) is 0 Å². The van der Waals surface area contributed by atoms with Crippen molar-refractivity contribution in [2.24, 2.45) is 0 Å². The van der Waals surface area contributed by atoms with Gasteiger partial charge < -0.3 is 5.11 Å². The smallest absolute Gasteiger partial charge is 0.335 e. The third kappa shape index (κ3) is 2.91. The van der Waals surface area contributed by atoms with Crippen LogP contribution in [0.4, 0.5) is 0 Å². The molecular formula is C14H13NO2. The van der Waals surface area contributed by atoms with Crippen molar-refractivity contribution in [3.05, 3.63) is 65.0 Å². The van der Waals surface area contributed by atoms with Gasteiger partial charge in [0.2, 0.25) is 0 Å². The van der Waals surface area contributed by atoms with E-state index in [4.69, 9.17) is 5.11 Å². The van der Waals surface area contributed by atoms with Crippen molar-refractivity contribution in [1.29, 1.82) is 0 Å². The minimum atomic E-state index is -0.899. The van der Waals surface area contributed by atoms with Gasteiger partial charge in [0.15, 0.2) is 0 Å². The van der Waals surface area contributed by atoms with Gasteiger partial charge in [-0.25, -0.2) is 4.79 Å². The average molecular weight is 227 g/mol. The summed E-state index contributed by atoms with van der Waals surface area (Å²) >= 11 is 0. The highest BCUT2D eigenvalue weighted by atomic mass is 16.4. The molecule has 0 saturated heterocycles. The molecule has 1 aromatic carbocycles. The lowest BCUT2D eigenvalue weighted by atomic mass is 10.1. The second kappa shape index (κ2) is 4.78. The monoisotopic (exact) mass is 227 g/mol. The summed E-state index contributed by atoms with van der Waals surface area (Å²) in [5.41, 5.74) is 3.38. The fraction of sp³-hybridized carbons (Fsp3) is 0.143. The van der Waals surface area contributed by atoms with E-state index >= 15 is 0 Å². The Morgan fingerprint density at radius 1 is 1.29 bits per heavy atom. The van der Waals surface area contributed by atoms with Gasteiger partial charge >= 0.3 is 5.97 Å². The molecule has 1 N–H and O–H groups in total. The summed E-state index contributed by atoms with van der Waals surface area (Å²) in [5.74, 6) is -0.899. The van der Waals surface area contributed by atoms with E-state index < -0.39 is 5.97 Å². The first-order valence-corrected chi connectivity index (χ1v) is 5.39. The lowest BCUT2D eigenvalue weighted by molar-refractivity contribution is 0.0697. The van der Waals surface area contributed by atoms with Gasteiger partial charge in [0.25, 0.3) is 0 Å². The van der Waals surface area contributed by atoms with E-state index in [2.05, 4.69) is 4.98 Å². The van der Waals surface area contributed by atoms with Crippen LogP contribution in [-0.2, 0) is 6.42 Å². The number of carboxylic acid groups (broad SMARTS) is 1. The van der Waals surface area contributed by atoms with Crippen LogP contribution in [0, 0.1) is 6.92 Å². The highest BCUT2D eigenvalue weighted by molar-refractivity contribution is 5.87. The topological polar surface area (TPSA) is 50.2 Å². The first-order valence-electron chi connectivity index (χ1n) is 5.39. The third-order valence-corrected chi connectivity index (χ3v) is 2.53. The summed E-state index contributed by atoms with van der Waals surface area (Å²) in [5, 5.41) is 8.90. The van der Waals surface area contributed by atoms with Gasteiger partial charge in [0.05, 0.1) is 5.56 Å². The number of pyridine rings is 1.